The molecular formula is C11H16BrClN4. The fourth-order valence-corrected chi connectivity index (χ4v) is 2.58. The molecule has 0 N–H and O–H groups in total. The van der Waals surface area contributed by atoms with Gasteiger partial charge >= 0.3 is 0 Å². The zero-order chi connectivity index (χ0) is 12.1. The molecule has 0 amide bonds. The van der Waals surface area contributed by atoms with Crippen molar-refractivity contribution in [3.8, 4) is 0 Å². The molecule has 2 heterocycles. The summed E-state index contributed by atoms with van der Waals surface area (Å²) < 4.78 is 0. The van der Waals surface area contributed by atoms with Crippen LogP contribution in [0.15, 0.2) is 12.4 Å². The van der Waals surface area contributed by atoms with Gasteiger partial charge in [0.1, 0.15) is 0 Å². The molecule has 1 saturated heterocycles. The molecule has 0 radical (unpaired) electrons. The number of hydrogen-bond acceptors (Lipinski definition) is 4. The molecule has 0 atom stereocenters. The molecule has 0 unspecified atom stereocenters. The molecule has 6 heteroatoms. The predicted molar refractivity (Wildman–Crippen MR) is 74.1 cm³/mol. The number of anilines is 1. The summed E-state index contributed by atoms with van der Waals surface area (Å²) in [6.45, 7) is 5.32. The van der Waals surface area contributed by atoms with Crippen molar-refractivity contribution in [2.75, 3.05) is 43.0 Å². The van der Waals surface area contributed by atoms with Crippen molar-refractivity contribution in [1.82, 2.24) is 14.9 Å². The summed E-state index contributed by atoms with van der Waals surface area (Å²) in [5, 5.41) is 1.62. The van der Waals surface area contributed by atoms with Crippen LogP contribution in [0.3, 0.4) is 0 Å². The minimum absolute atomic E-state index is 0.587. The first-order valence-electron chi connectivity index (χ1n) is 5.80. The smallest absolute Gasteiger partial charge is 0.225 e. The SMILES string of the molecule is Clc1cnc(N2CCCN(CCBr)CC2)nc1. The maximum atomic E-state index is 5.79. The third-order valence-electron chi connectivity index (χ3n) is 2.88. The van der Waals surface area contributed by atoms with E-state index >= 15 is 0 Å². The number of rotatable bonds is 3. The lowest BCUT2D eigenvalue weighted by Crippen LogP contribution is -2.32. The molecule has 94 valence electrons. The molecule has 1 aromatic rings. The van der Waals surface area contributed by atoms with Crippen LogP contribution in [0.25, 0.3) is 0 Å². The molecule has 1 aliphatic rings. The molecule has 0 aliphatic carbocycles. The predicted octanol–water partition coefficient (Wildman–Crippen LogP) is 2.04. The maximum Gasteiger partial charge on any atom is 0.225 e. The van der Waals surface area contributed by atoms with Gasteiger partial charge in [-0.25, -0.2) is 9.97 Å². The van der Waals surface area contributed by atoms with Gasteiger partial charge in [-0.1, -0.05) is 27.5 Å². The van der Waals surface area contributed by atoms with Crippen molar-refractivity contribution in [2.45, 2.75) is 6.42 Å². The van der Waals surface area contributed by atoms with Gasteiger partial charge in [0, 0.05) is 31.5 Å². The molecule has 2 rings (SSSR count). The van der Waals surface area contributed by atoms with Gasteiger partial charge in [-0.05, 0) is 13.0 Å². The number of hydrogen-bond donors (Lipinski definition) is 0. The Morgan fingerprint density at radius 1 is 1.18 bits per heavy atom. The Kier molecular flexibility index (Phi) is 5.00. The van der Waals surface area contributed by atoms with E-state index in [9.17, 15) is 0 Å². The highest BCUT2D eigenvalue weighted by Gasteiger charge is 2.16. The summed E-state index contributed by atoms with van der Waals surface area (Å²) in [6, 6.07) is 0. The van der Waals surface area contributed by atoms with Crippen molar-refractivity contribution in [3.63, 3.8) is 0 Å². The van der Waals surface area contributed by atoms with Crippen LogP contribution in [-0.4, -0.2) is 52.9 Å². The van der Waals surface area contributed by atoms with Crippen LogP contribution in [0.2, 0.25) is 5.02 Å². The zero-order valence-corrected chi connectivity index (χ0v) is 12.0. The van der Waals surface area contributed by atoms with Crippen LogP contribution in [0.1, 0.15) is 6.42 Å². The quantitative estimate of drug-likeness (QED) is 0.798. The molecule has 0 spiro atoms. The highest BCUT2D eigenvalue weighted by Crippen LogP contribution is 2.13. The van der Waals surface area contributed by atoms with Gasteiger partial charge in [0.15, 0.2) is 0 Å². The van der Waals surface area contributed by atoms with Gasteiger partial charge in [0.05, 0.1) is 17.4 Å². The van der Waals surface area contributed by atoms with E-state index < -0.39 is 0 Å². The van der Waals surface area contributed by atoms with Gasteiger partial charge < -0.3 is 9.80 Å². The van der Waals surface area contributed by atoms with Gasteiger partial charge in [-0.3, -0.25) is 0 Å². The van der Waals surface area contributed by atoms with Gasteiger partial charge in [-0.2, -0.15) is 0 Å². The topological polar surface area (TPSA) is 32.3 Å². The second-order valence-corrected chi connectivity index (χ2v) is 5.30. The second-order valence-electron chi connectivity index (χ2n) is 4.07. The van der Waals surface area contributed by atoms with E-state index in [1.165, 1.54) is 0 Å². The maximum absolute atomic E-state index is 5.79. The summed E-state index contributed by atoms with van der Waals surface area (Å²) in [5.74, 6) is 0.787. The highest BCUT2D eigenvalue weighted by atomic mass is 79.9. The molecule has 4 nitrogen and oxygen atoms in total. The van der Waals surface area contributed by atoms with Crippen LogP contribution in [-0.2, 0) is 0 Å². The average molecular weight is 320 g/mol. The molecule has 1 aromatic heterocycles. The molecule has 17 heavy (non-hydrogen) atoms. The Morgan fingerprint density at radius 3 is 2.65 bits per heavy atom. The largest absolute Gasteiger partial charge is 0.339 e. The Balaban J connectivity index is 1.96. The minimum atomic E-state index is 0.587. The van der Waals surface area contributed by atoms with Gasteiger partial charge in [0.25, 0.3) is 0 Å². The first-order chi connectivity index (χ1) is 8.29. The third kappa shape index (κ3) is 3.79. The van der Waals surface area contributed by atoms with Crippen molar-refractivity contribution in [1.29, 1.82) is 0 Å². The van der Waals surface area contributed by atoms with Gasteiger partial charge in [0.2, 0.25) is 5.95 Å². The van der Waals surface area contributed by atoms with E-state index in [1.807, 2.05) is 0 Å². The summed E-state index contributed by atoms with van der Waals surface area (Å²) in [7, 11) is 0. The van der Waals surface area contributed by atoms with Crippen LogP contribution < -0.4 is 4.90 Å². The van der Waals surface area contributed by atoms with Crippen molar-refractivity contribution >= 4 is 33.5 Å². The van der Waals surface area contributed by atoms with Gasteiger partial charge in [-0.15, -0.1) is 0 Å². The van der Waals surface area contributed by atoms with Crippen molar-refractivity contribution in [2.24, 2.45) is 0 Å². The molecule has 1 fully saturated rings. The van der Waals surface area contributed by atoms with Crippen LogP contribution in [0.5, 0.6) is 0 Å². The standard InChI is InChI=1S/C11H16BrClN4/c12-2-5-16-3-1-4-17(7-6-16)11-14-8-10(13)9-15-11/h8-9H,1-7H2. The van der Waals surface area contributed by atoms with E-state index in [2.05, 4.69) is 35.7 Å². The fraction of sp³-hybridized carbons (Fsp3) is 0.636. The number of aromatic nitrogens is 2. The monoisotopic (exact) mass is 318 g/mol. The van der Waals surface area contributed by atoms with E-state index in [4.69, 9.17) is 11.6 Å². The third-order valence-corrected chi connectivity index (χ3v) is 3.43. The minimum Gasteiger partial charge on any atom is -0.339 e. The van der Waals surface area contributed by atoms with E-state index in [0.717, 1.165) is 50.4 Å². The summed E-state index contributed by atoms with van der Waals surface area (Å²) in [4.78, 5) is 13.2. The Labute approximate surface area is 115 Å². The second kappa shape index (κ2) is 6.52. The van der Waals surface area contributed by atoms with E-state index in [-0.39, 0.29) is 0 Å². The number of alkyl halides is 1. The highest BCUT2D eigenvalue weighted by molar-refractivity contribution is 9.09. The number of halogens is 2. The van der Waals surface area contributed by atoms with Crippen LogP contribution in [0.4, 0.5) is 5.95 Å². The van der Waals surface area contributed by atoms with Crippen LogP contribution >= 0.6 is 27.5 Å². The van der Waals surface area contributed by atoms with Crippen LogP contribution in [0, 0.1) is 0 Å². The first-order valence-corrected chi connectivity index (χ1v) is 7.30. The summed E-state index contributed by atoms with van der Waals surface area (Å²) in [5.41, 5.74) is 0. The molecule has 0 aromatic carbocycles. The molecule has 0 saturated carbocycles. The normalized spacial score (nSPS) is 18.1. The van der Waals surface area contributed by atoms with E-state index in [0.29, 0.717) is 5.02 Å². The Bertz CT molecular complexity index is 346. The molecule has 0 bridgehead atoms. The lowest BCUT2D eigenvalue weighted by molar-refractivity contribution is 0.313. The number of nitrogens with zero attached hydrogens (tertiary/aromatic N) is 4. The first kappa shape index (κ1) is 13.1. The summed E-state index contributed by atoms with van der Waals surface area (Å²) >= 11 is 9.27. The van der Waals surface area contributed by atoms with Crippen molar-refractivity contribution in [3.05, 3.63) is 17.4 Å². The fourth-order valence-electron chi connectivity index (χ4n) is 1.98. The lowest BCUT2D eigenvalue weighted by atomic mass is 10.4. The lowest BCUT2D eigenvalue weighted by Gasteiger charge is -2.21. The molecular weight excluding hydrogens is 304 g/mol. The molecule has 1 aliphatic heterocycles. The van der Waals surface area contributed by atoms with Crippen molar-refractivity contribution < 1.29 is 0 Å². The zero-order valence-electron chi connectivity index (χ0n) is 9.65. The Morgan fingerprint density at radius 2 is 1.94 bits per heavy atom. The Hall–Kier alpha value is -0.390. The van der Waals surface area contributed by atoms with E-state index in [1.54, 1.807) is 12.4 Å². The average Bonchev–Trinajstić information content (AvgIpc) is 2.56. The summed E-state index contributed by atoms with van der Waals surface area (Å²) in [6.07, 6.45) is 4.47.